The van der Waals surface area contributed by atoms with Crippen LogP contribution in [0.15, 0.2) is 54.9 Å². The molecule has 0 aliphatic heterocycles. The smallest absolute Gasteiger partial charge is 0.220 e. The van der Waals surface area contributed by atoms with E-state index >= 15 is 0 Å². The van der Waals surface area contributed by atoms with E-state index in [0.29, 0.717) is 6.42 Å². The maximum absolute atomic E-state index is 12.6. The van der Waals surface area contributed by atoms with Crippen LogP contribution in [0.25, 0.3) is 0 Å². The number of rotatable bonds is 7. The number of aryl methyl sites for hydroxylation is 3. The zero-order valence-electron chi connectivity index (χ0n) is 15.6. The van der Waals surface area contributed by atoms with Gasteiger partial charge in [0.1, 0.15) is 11.9 Å². The minimum atomic E-state index is -0.237. The number of imidazole rings is 1. The van der Waals surface area contributed by atoms with Gasteiger partial charge in [-0.2, -0.15) is 0 Å². The van der Waals surface area contributed by atoms with Gasteiger partial charge in [0.2, 0.25) is 5.91 Å². The molecule has 3 aromatic rings. The first-order valence-corrected chi connectivity index (χ1v) is 9.00. The molecule has 0 saturated carbocycles. The summed E-state index contributed by atoms with van der Waals surface area (Å²) < 4.78 is 4.20. The second-order valence-electron chi connectivity index (χ2n) is 6.68. The lowest BCUT2D eigenvalue weighted by Crippen LogP contribution is -2.31. The number of carbonyl (C=O) groups excluding carboxylic acids is 1. The normalized spacial score (nSPS) is 12.1. The number of aromatic nitrogens is 3. The highest BCUT2D eigenvalue weighted by Crippen LogP contribution is 2.20. The Morgan fingerprint density at radius 2 is 1.81 bits per heavy atom. The number of nitrogens with zero attached hydrogens (tertiary/aromatic N) is 3. The summed E-state index contributed by atoms with van der Waals surface area (Å²) in [6, 6.07) is 14.0. The quantitative estimate of drug-likeness (QED) is 0.709. The van der Waals surface area contributed by atoms with Gasteiger partial charge < -0.3 is 14.5 Å². The molecular weight excluding hydrogens is 324 g/mol. The van der Waals surface area contributed by atoms with Crippen LogP contribution in [-0.4, -0.2) is 20.0 Å². The predicted octanol–water partition coefficient (Wildman–Crippen LogP) is 3.52. The van der Waals surface area contributed by atoms with Crippen molar-refractivity contribution in [3.05, 3.63) is 77.6 Å². The van der Waals surface area contributed by atoms with E-state index in [1.54, 1.807) is 6.20 Å². The van der Waals surface area contributed by atoms with Crippen LogP contribution in [0.1, 0.15) is 41.7 Å². The monoisotopic (exact) mass is 350 g/mol. The third kappa shape index (κ3) is 4.04. The summed E-state index contributed by atoms with van der Waals surface area (Å²) in [5.74, 6) is 0.881. The van der Waals surface area contributed by atoms with E-state index in [4.69, 9.17) is 0 Å². The van der Waals surface area contributed by atoms with Crippen molar-refractivity contribution in [2.75, 3.05) is 0 Å². The molecule has 26 heavy (non-hydrogen) atoms. The van der Waals surface area contributed by atoms with Gasteiger partial charge in [-0.05, 0) is 38.0 Å². The molecule has 2 aromatic heterocycles. The highest BCUT2D eigenvalue weighted by Gasteiger charge is 2.20. The number of hydrogen-bond donors (Lipinski definition) is 1. The number of benzene rings is 1. The minimum Gasteiger partial charge on any atom is -0.349 e. The fourth-order valence-electron chi connectivity index (χ4n) is 3.28. The van der Waals surface area contributed by atoms with Gasteiger partial charge in [-0.15, -0.1) is 0 Å². The third-order valence-corrected chi connectivity index (χ3v) is 4.76. The molecule has 1 amide bonds. The molecule has 0 aliphatic carbocycles. The summed E-state index contributed by atoms with van der Waals surface area (Å²) in [6.45, 7) is 5.05. The van der Waals surface area contributed by atoms with Gasteiger partial charge in [0.25, 0.3) is 0 Å². The molecule has 0 aliphatic rings. The van der Waals surface area contributed by atoms with E-state index in [-0.39, 0.29) is 11.9 Å². The van der Waals surface area contributed by atoms with E-state index in [1.807, 2.05) is 48.1 Å². The van der Waals surface area contributed by atoms with Gasteiger partial charge >= 0.3 is 0 Å². The lowest BCUT2D eigenvalue weighted by molar-refractivity contribution is -0.121. The summed E-state index contributed by atoms with van der Waals surface area (Å²) in [6.07, 6.45) is 4.96. The topological polar surface area (TPSA) is 51.9 Å². The lowest BCUT2D eigenvalue weighted by Gasteiger charge is -2.19. The Kier molecular flexibility index (Phi) is 5.56. The number of amides is 1. The van der Waals surface area contributed by atoms with Crippen molar-refractivity contribution in [2.24, 2.45) is 7.05 Å². The average Bonchev–Trinajstić information content (AvgIpc) is 3.20. The molecular formula is C21H26N4O. The van der Waals surface area contributed by atoms with Crippen molar-refractivity contribution in [1.29, 1.82) is 0 Å². The van der Waals surface area contributed by atoms with Crippen LogP contribution in [0.4, 0.5) is 0 Å². The van der Waals surface area contributed by atoms with Gasteiger partial charge in [0.15, 0.2) is 0 Å². The van der Waals surface area contributed by atoms with Crippen molar-refractivity contribution < 1.29 is 4.79 Å². The average molecular weight is 350 g/mol. The zero-order valence-corrected chi connectivity index (χ0v) is 15.6. The molecule has 5 heteroatoms. The van der Waals surface area contributed by atoms with Crippen molar-refractivity contribution in [2.45, 2.75) is 39.3 Å². The molecule has 0 saturated heterocycles. The van der Waals surface area contributed by atoms with Crippen LogP contribution >= 0.6 is 0 Å². The summed E-state index contributed by atoms with van der Waals surface area (Å²) >= 11 is 0. The van der Waals surface area contributed by atoms with E-state index < -0.39 is 0 Å². The first kappa shape index (κ1) is 18.0. The molecule has 1 atom stereocenters. The van der Waals surface area contributed by atoms with Gasteiger partial charge in [-0.25, -0.2) is 4.98 Å². The van der Waals surface area contributed by atoms with Crippen LogP contribution in [0.2, 0.25) is 0 Å². The highest BCUT2D eigenvalue weighted by atomic mass is 16.1. The van der Waals surface area contributed by atoms with Gasteiger partial charge in [-0.1, -0.05) is 30.3 Å². The Bertz CT molecular complexity index is 844. The Morgan fingerprint density at radius 3 is 2.42 bits per heavy atom. The summed E-state index contributed by atoms with van der Waals surface area (Å²) in [5, 5.41) is 3.15. The minimum absolute atomic E-state index is 0.0457. The van der Waals surface area contributed by atoms with Gasteiger partial charge in [0, 0.05) is 43.8 Å². The molecule has 1 N–H and O–H groups in total. The fraction of sp³-hybridized carbons (Fsp3) is 0.333. The second kappa shape index (κ2) is 8.04. The van der Waals surface area contributed by atoms with Crippen LogP contribution in [0.3, 0.4) is 0 Å². The Balaban J connectivity index is 1.65. The molecule has 0 bridgehead atoms. The van der Waals surface area contributed by atoms with Crippen molar-refractivity contribution in [3.8, 4) is 0 Å². The van der Waals surface area contributed by atoms with Crippen LogP contribution in [0.5, 0.6) is 0 Å². The number of carbonyl (C=O) groups is 1. The molecule has 0 radical (unpaired) electrons. The summed E-state index contributed by atoms with van der Waals surface area (Å²) in [5.41, 5.74) is 3.50. The fourth-order valence-corrected chi connectivity index (χ4v) is 3.28. The maximum Gasteiger partial charge on any atom is 0.220 e. The van der Waals surface area contributed by atoms with E-state index in [9.17, 15) is 4.79 Å². The largest absolute Gasteiger partial charge is 0.349 e. The first-order valence-electron chi connectivity index (χ1n) is 9.00. The van der Waals surface area contributed by atoms with Crippen LogP contribution in [0, 0.1) is 13.8 Å². The molecule has 136 valence electrons. The molecule has 2 heterocycles. The first-order chi connectivity index (χ1) is 12.6. The molecule has 1 aromatic carbocycles. The molecule has 0 unspecified atom stereocenters. The van der Waals surface area contributed by atoms with Crippen LogP contribution < -0.4 is 5.32 Å². The SMILES string of the molecule is Cc1ccc(C)n1CCCC(=O)N[C@H](c1ccccc1)c1nccn1C. The summed E-state index contributed by atoms with van der Waals surface area (Å²) in [7, 11) is 1.95. The van der Waals surface area contributed by atoms with Crippen molar-refractivity contribution in [1.82, 2.24) is 19.4 Å². The number of hydrogen-bond acceptors (Lipinski definition) is 2. The number of nitrogens with one attached hydrogen (secondary N) is 1. The molecule has 0 spiro atoms. The van der Waals surface area contributed by atoms with E-state index in [1.165, 1.54) is 11.4 Å². The highest BCUT2D eigenvalue weighted by molar-refractivity contribution is 5.76. The van der Waals surface area contributed by atoms with E-state index in [2.05, 4.69) is 40.8 Å². The van der Waals surface area contributed by atoms with Gasteiger partial charge in [-0.3, -0.25) is 4.79 Å². The second-order valence-corrected chi connectivity index (χ2v) is 6.68. The van der Waals surface area contributed by atoms with Crippen molar-refractivity contribution in [3.63, 3.8) is 0 Å². The standard InChI is InChI=1S/C21H26N4O/c1-16-11-12-17(2)25(16)14-7-10-19(26)23-20(18-8-5-4-6-9-18)21-22-13-15-24(21)3/h4-6,8-9,11-13,15,20H,7,10,14H2,1-3H3,(H,23,26)/t20-/m1/s1. The molecule has 5 nitrogen and oxygen atoms in total. The third-order valence-electron chi connectivity index (χ3n) is 4.76. The Morgan fingerprint density at radius 1 is 1.12 bits per heavy atom. The van der Waals surface area contributed by atoms with E-state index in [0.717, 1.165) is 24.4 Å². The summed E-state index contributed by atoms with van der Waals surface area (Å²) in [4.78, 5) is 17.0. The lowest BCUT2D eigenvalue weighted by atomic mass is 10.1. The molecule has 0 fully saturated rings. The zero-order chi connectivity index (χ0) is 18.5. The Hall–Kier alpha value is -2.82. The van der Waals surface area contributed by atoms with Crippen LogP contribution in [-0.2, 0) is 18.4 Å². The Labute approximate surface area is 154 Å². The van der Waals surface area contributed by atoms with Gasteiger partial charge in [0.05, 0.1) is 0 Å². The molecule has 3 rings (SSSR count). The predicted molar refractivity (Wildman–Crippen MR) is 103 cm³/mol. The maximum atomic E-state index is 12.6. The van der Waals surface area contributed by atoms with Crippen molar-refractivity contribution >= 4 is 5.91 Å².